The quantitative estimate of drug-likeness (QED) is 0.379. The molecule has 104 valence electrons. The van der Waals surface area contributed by atoms with Gasteiger partial charge in [-0.05, 0) is 31.0 Å². The molecule has 1 aliphatic carbocycles. The molecule has 5 heteroatoms. The summed E-state index contributed by atoms with van der Waals surface area (Å²) in [5, 5.41) is 12.8. The molecule has 20 heavy (non-hydrogen) atoms. The Hall–Kier alpha value is -2.30. The Morgan fingerprint density at radius 3 is 3.00 bits per heavy atom. The first-order valence-electron chi connectivity index (χ1n) is 6.65. The predicted molar refractivity (Wildman–Crippen MR) is 76.9 cm³/mol. The molecular weight excluding hydrogens is 254 g/mol. The van der Waals surface area contributed by atoms with E-state index in [0.29, 0.717) is 13.0 Å². The average Bonchev–Trinajstić information content (AvgIpc) is 3.25. The molecule has 0 spiro atoms. The van der Waals surface area contributed by atoms with E-state index < -0.39 is 0 Å². The molecule has 1 aromatic heterocycles. The zero-order chi connectivity index (χ0) is 14.0. The Balaban J connectivity index is 1.68. The van der Waals surface area contributed by atoms with E-state index in [9.17, 15) is 0 Å². The van der Waals surface area contributed by atoms with Gasteiger partial charge in [0, 0.05) is 29.5 Å². The summed E-state index contributed by atoms with van der Waals surface area (Å²) >= 11 is 0. The molecule has 0 atom stereocenters. The fourth-order valence-electron chi connectivity index (χ4n) is 2.34. The Bertz CT molecular complexity index is 650. The minimum Gasteiger partial charge on any atom is -0.493 e. The molecule has 2 aromatic rings. The summed E-state index contributed by atoms with van der Waals surface area (Å²) in [7, 11) is 0. The lowest BCUT2D eigenvalue weighted by molar-refractivity contribution is 0.236. The largest absolute Gasteiger partial charge is 0.493 e. The van der Waals surface area contributed by atoms with Crippen LogP contribution in [-0.2, 0) is 0 Å². The standard InChI is InChI=1S/C15H17N3O2/c16-14(18-19)9-15(5-6-15)10-20-12-4-3-11-2-1-7-17-13(11)8-12/h1-4,7-8,19H,5-6,9-10H2,(H2,16,18). The first kappa shape index (κ1) is 12.7. The van der Waals surface area contributed by atoms with Gasteiger partial charge in [-0.25, -0.2) is 0 Å². The van der Waals surface area contributed by atoms with Crippen LogP contribution in [0.4, 0.5) is 0 Å². The van der Waals surface area contributed by atoms with Crippen molar-refractivity contribution in [1.82, 2.24) is 4.98 Å². The highest BCUT2D eigenvalue weighted by molar-refractivity contribution is 5.81. The highest BCUT2D eigenvalue weighted by atomic mass is 16.5. The second kappa shape index (κ2) is 5.00. The molecule has 3 rings (SSSR count). The smallest absolute Gasteiger partial charge is 0.139 e. The van der Waals surface area contributed by atoms with E-state index in [1.54, 1.807) is 6.20 Å². The first-order valence-corrected chi connectivity index (χ1v) is 6.65. The topological polar surface area (TPSA) is 80.7 Å². The number of oxime groups is 1. The summed E-state index contributed by atoms with van der Waals surface area (Å²) in [5.41, 5.74) is 6.54. The number of amidine groups is 1. The summed E-state index contributed by atoms with van der Waals surface area (Å²) in [6.45, 7) is 0.585. The van der Waals surface area contributed by atoms with Crippen molar-refractivity contribution in [1.29, 1.82) is 0 Å². The number of rotatable bonds is 5. The Morgan fingerprint density at radius 2 is 2.25 bits per heavy atom. The summed E-state index contributed by atoms with van der Waals surface area (Å²) < 4.78 is 5.85. The van der Waals surface area contributed by atoms with Crippen LogP contribution in [-0.4, -0.2) is 22.6 Å². The van der Waals surface area contributed by atoms with Crippen LogP contribution in [0.25, 0.3) is 10.9 Å². The van der Waals surface area contributed by atoms with Crippen molar-refractivity contribution in [3.63, 3.8) is 0 Å². The molecule has 1 aliphatic rings. The van der Waals surface area contributed by atoms with Gasteiger partial charge in [0.05, 0.1) is 12.1 Å². The molecule has 1 saturated carbocycles. The minimum absolute atomic E-state index is 0.0371. The molecule has 5 nitrogen and oxygen atoms in total. The number of hydrogen-bond acceptors (Lipinski definition) is 4. The van der Waals surface area contributed by atoms with Gasteiger partial charge in [-0.15, -0.1) is 0 Å². The summed E-state index contributed by atoms with van der Waals surface area (Å²) in [6, 6.07) is 9.82. The molecule has 1 aromatic carbocycles. The number of benzene rings is 1. The lowest BCUT2D eigenvalue weighted by Crippen LogP contribution is -2.22. The molecular formula is C15H17N3O2. The maximum absolute atomic E-state index is 8.64. The predicted octanol–water partition coefficient (Wildman–Crippen LogP) is 2.53. The molecule has 0 bridgehead atoms. The zero-order valence-corrected chi connectivity index (χ0v) is 11.1. The number of ether oxygens (including phenoxy) is 1. The van der Waals surface area contributed by atoms with Gasteiger partial charge in [-0.2, -0.15) is 0 Å². The van der Waals surface area contributed by atoms with Crippen LogP contribution in [0.1, 0.15) is 19.3 Å². The van der Waals surface area contributed by atoms with Crippen LogP contribution in [0.2, 0.25) is 0 Å². The third kappa shape index (κ3) is 2.66. The number of aromatic nitrogens is 1. The van der Waals surface area contributed by atoms with Crippen molar-refractivity contribution >= 4 is 16.7 Å². The Kier molecular flexibility index (Phi) is 3.18. The van der Waals surface area contributed by atoms with Crippen LogP contribution in [0.15, 0.2) is 41.7 Å². The molecule has 3 N–H and O–H groups in total. The van der Waals surface area contributed by atoms with E-state index in [2.05, 4.69) is 10.1 Å². The van der Waals surface area contributed by atoms with Gasteiger partial charge < -0.3 is 15.7 Å². The third-order valence-corrected chi connectivity index (χ3v) is 3.76. The molecule has 0 unspecified atom stereocenters. The second-order valence-corrected chi connectivity index (χ2v) is 5.41. The van der Waals surface area contributed by atoms with Crippen LogP contribution < -0.4 is 10.5 Å². The van der Waals surface area contributed by atoms with Crippen molar-refractivity contribution < 1.29 is 9.94 Å². The molecule has 0 radical (unpaired) electrons. The van der Waals surface area contributed by atoms with Crippen molar-refractivity contribution in [2.45, 2.75) is 19.3 Å². The van der Waals surface area contributed by atoms with Gasteiger partial charge in [0.15, 0.2) is 0 Å². The van der Waals surface area contributed by atoms with Crippen LogP contribution in [0.3, 0.4) is 0 Å². The number of nitrogens with zero attached hydrogens (tertiary/aromatic N) is 2. The highest BCUT2D eigenvalue weighted by Gasteiger charge is 2.44. The third-order valence-electron chi connectivity index (χ3n) is 3.76. The maximum atomic E-state index is 8.64. The molecule has 0 saturated heterocycles. The van der Waals surface area contributed by atoms with Crippen molar-refractivity contribution in [3.05, 3.63) is 36.5 Å². The van der Waals surface area contributed by atoms with Crippen LogP contribution >= 0.6 is 0 Å². The van der Waals surface area contributed by atoms with E-state index in [1.807, 2.05) is 30.3 Å². The van der Waals surface area contributed by atoms with E-state index in [4.69, 9.17) is 15.7 Å². The first-order chi connectivity index (χ1) is 9.71. The monoisotopic (exact) mass is 271 g/mol. The average molecular weight is 271 g/mol. The van der Waals surface area contributed by atoms with Gasteiger partial charge >= 0.3 is 0 Å². The van der Waals surface area contributed by atoms with Gasteiger partial charge in [0.2, 0.25) is 0 Å². The van der Waals surface area contributed by atoms with Crippen molar-refractivity contribution in [2.24, 2.45) is 16.3 Å². The Morgan fingerprint density at radius 1 is 1.40 bits per heavy atom. The Labute approximate surface area is 117 Å². The zero-order valence-electron chi connectivity index (χ0n) is 11.1. The van der Waals surface area contributed by atoms with Crippen molar-refractivity contribution in [3.8, 4) is 5.75 Å². The fourth-order valence-corrected chi connectivity index (χ4v) is 2.34. The van der Waals surface area contributed by atoms with Gasteiger partial charge in [0.25, 0.3) is 0 Å². The van der Waals surface area contributed by atoms with Crippen LogP contribution in [0.5, 0.6) is 5.75 Å². The van der Waals surface area contributed by atoms with Gasteiger partial charge in [-0.1, -0.05) is 11.2 Å². The summed E-state index contributed by atoms with van der Waals surface area (Å²) in [4.78, 5) is 4.31. The van der Waals surface area contributed by atoms with E-state index in [1.165, 1.54) is 0 Å². The van der Waals surface area contributed by atoms with E-state index in [0.717, 1.165) is 29.5 Å². The van der Waals surface area contributed by atoms with E-state index in [-0.39, 0.29) is 11.3 Å². The van der Waals surface area contributed by atoms with Gasteiger partial charge in [0.1, 0.15) is 11.6 Å². The molecule has 1 heterocycles. The summed E-state index contributed by atoms with van der Waals surface area (Å²) in [5.74, 6) is 1.08. The fraction of sp³-hybridized carbons (Fsp3) is 0.333. The molecule has 0 amide bonds. The molecule has 1 fully saturated rings. The van der Waals surface area contributed by atoms with Gasteiger partial charge in [-0.3, -0.25) is 4.98 Å². The normalized spacial score (nSPS) is 17.1. The number of fused-ring (bicyclic) bond motifs is 1. The maximum Gasteiger partial charge on any atom is 0.139 e. The summed E-state index contributed by atoms with van der Waals surface area (Å²) in [6.07, 6.45) is 4.45. The SMILES string of the molecule is N/C(CC1(COc2ccc3cccnc3c2)CC1)=N/O. The number of hydrogen-bond donors (Lipinski definition) is 2. The van der Waals surface area contributed by atoms with Crippen LogP contribution in [0, 0.1) is 5.41 Å². The van der Waals surface area contributed by atoms with E-state index >= 15 is 0 Å². The molecule has 0 aliphatic heterocycles. The second-order valence-electron chi connectivity index (χ2n) is 5.41. The minimum atomic E-state index is 0.0371. The number of nitrogens with two attached hydrogens (primary N) is 1. The lowest BCUT2D eigenvalue weighted by atomic mass is 10.0. The van der Waals surface area contributed by atoms with Crippen molar-refractivity contribution in [2.75, 3.05) is 6.61 Å². The lowest BCUT2D eigenvalue weighted by Gasteiger charge is -2.15. The highest BCUT2D eigenvalue weighted by Crippen LogP contribution is 2.49. The number of pyridine rings is 1.